The first kappa shape index (κ1) is 23.6. The number of hydrogen-bond acceptors (Lipinski definition) is 4. The van der Waals surface area contributed by atoms with Crippen LogP contribution in [-0.4, -0.2) is 37.6 Å². The van der Waals surface area contributed by atoms with Gasteiger partial charge in [0.2, 0.25) is 0 Å². The van der Waals surface area contributed by atoms with Crippen molar-refractivity contribution in [2.45, 2.75) is 36.3 Å². The van der Waals surface area contributed by atoms with Crippen molar-refractivity contribution in [3.05, 3.63) is 35.7 Å². The van der Waals surface area contributed by atoms with E-state index in [1.807, 2.05) is 0 Å². The molecule has 0 fully saturated rings. The highest BCUT2D eigenvalue weighted by Crippen LogP contribution is 2.24. The van der Waals surface area contributed by atoms with Crippen molar-refractivity contribution in [3.8, 4) is 0 Å². The summed E-state index contributed by atoms with van der Waals surface area (Å²) in [4.78, 5) is 22.7. The van der Waals surface area contributed by atoms with Crippen LogP contribution in [0.15, 0.2) is 29.2 Å². The molecule has 0 spiro atoms. The third-order valence-corrected chi connectivity index (χ3v) is 4.81. The number of sulfone groups is 1. The van der Waals surface area contributed by atoms with Crippen molar-refractivity contribution in [1.82, 2.24) is 0 Å². The quantitative estimate of drug-likeness (QED) is 0.439. The van der Waals surface area contributed by atoms with E-state index < -0.39 is 39.0 Å². The summed E-state index contributed by atoms with van der Waals surface area (Å²) in [5, 5.41) is -0.429. The van der Waals surface area contributed by atoms with Crippen LogP contribution in [0.4, 0.5) is 32.0 Å². The van der Waals surface area contributed by atoms with E-state index in [1.54, 1.807) is 13.8 Å². The van der Waals surface area contributed by atoms with Gasteiger partial charge in [-0.3, -0.25) is 9.59 Å². The average Bonchev–Trinajstić information content (AvgIpc) is 2.52. The molecule has 0 aliphatic heterocycles. The van der Waals surface area contributed by atoms with E-state index in [2.05, 4.69) is 4.85 Å². The van der Waals surface area contributed by atoms with Gasteiger partial charge in [-0.15, -0.1) is 0 Å². The molecule has 0 heterocycles. The van der Waals surface area contributed by atoms with Gasteiger partial charge >= 0.3 is 23.9 Å². The van der Waals surface area contributed by atoms with E-state index in [9.17, 15) is 44.3 Å². The molecular weight excluding hydrogens is 392 g/mol. The van der Waals surface area contributed by atoms with Gasteiger partial charge in [0.15, 0.2) is 15.5 Å². The number of rotatable bonds is 3. The van der Waals surface area contributed by atoms with Gasteiger partial charge in [0.05, 0.1) is 16.7 Å². The Kier molecular flexibility index (Phi) is 7.53. The second-order valence-electron chi connectivity index (χ2n) is 4.85. The molecule has 0 saturated heterocycles. The summed E-state index contributed by atoms with van der Waals surface area (Å²) >= 11 is 0. The summed E-state index contributed by atoms with van der Waals surface area (Å²) in [5.74, 6) is -6.81. The minimum atomic E-state index is -5.77. The number of benzene rings is 1. The van der Waals surface area contributed by atoms with Gasteiger partial charge in [-0.05, 0) is 13.8 Å². The third kappa shape index (κ3) is 6.47. The third-order valence-electron chi connectivity index (χ3n) is 2.64. The number of carbonyl (C=O) groups excluding carboxylic acids is 2. The molecule has 0 bridgehead atoms. The topological polar surface area (TPSA) is 72.6 Å². The molecule has 0 aliphatic rings. The molecule has 12 heteroatoms. The minimum absolute atomic E-state index is 0.278. The van der Waals surface area contributed by atoms with Crippen LogP contribution in [0.2, 0.25) is 0 Å². The highest BCUT2D eigenvalue weighted by molar-refractivity contribution is 7.92. The maximum Gasteiger partial charge on any atom is 0.458 e. The van der Waals surface area contributed by atoms with Gasteiger partial charge in [0, 0.05) is 0 Å². The number of halogens is 6. The Labute approximate surface area is 144 Å². The number of nitrogens with zero attached hydrogens (tertiary/aromatic N) is 1. The average molecular weight is 403 g/mol. The molecule has 0 aliphatic carbocycles. The van der Waals surface area contributed by atoms with Crippen LogP contribution in [0, 0.1) is 6.57 Å². The van der Waals surface area contributed by atoms with E-state index in [0.717, 1.165) is 0 Å². The predicted molar refractivity (Wildman–Crippen MR) is 77.1 cm³/mol. The molecule has 144 valence electrons. The number of Topliss-reactive ketones (excluding diaryl/α,β-unsaturated/α-hetero) is 2. The number of hydrogen-bond donors (Lipinski definition) is 0. The number of carbonyl (C=O) groups is 2. The van der Waals surface area contributed by atoms with E-state index in [0.29, 0.717) is 5.69 Å². The molecule has 0 unspecified atom stereocenters. The van der Waals surface area contributed by atoms with Crippen molar-refractivity contribution in [1.29, 1.82) is 0 Å². The van der Waals surface area contributed by atoms with Crippen molar-refractivity contribution in [3.63, 3.8) is 0 Å². The number of alkyl halides is 6. The molecule has 0 saturated carbocycles. The Hall–Kier alpha value is -2.42. The molecule has 0 aromatic heterocycles. The summed E-state index contributed by atoms with van der Waals surface area (Å²) in [6.45, 7) is 10.0. The predicted octanol–water partition coefficient (Wildman–Crippen LogP) is 3.67. The normalized spacial score (nSPS) is 12.0. The Morgan fingerprint density at radius 1 is 0.923 bits per heavy atom. The van der Waals surface area contributed by atoms with Crippen molar-refractivity contribution in [2.24, 2.45) is 0 Å². The summed E-state index contributed by atoms with van der Waals surface area (Å²) in [5.41, 5.74) is 0.452. The second kappa shape index (κ2) is 8.31. The van der Waals surface area contributed by atoms with Crippen molar-refractivity contribution in [2.75, 3.05) is 0 Å². The van der Waals surface area contributed by atoms with E-state index in [-0.39, 0.29) is 4.90 Å². The van der Waals surface area contributed by atoms with Crippen LogP contribution < -0.4 is 0 Å². The summed E-state index contributed by atoms with van der Waals surface area (Å²) in [6.07, 6.45) is -11.5. The van der Waals surface area contributed by atoms with Crippen LogP contribution in [0.25, 0.3) is 4.85 Å². The molecule has 1 aromatic carbocycles. The summed E-state index contributed by atoms with van der Waals surface area (Å²) in [6, 6.07) is 5.98. The maximum absolute atomic E-state index is 11.7. The zero-order valence-corrected chi connectivity index (χ0v) is 14.0. The molecule has 0 amide bonds. The fraction of sp³-hybridized carbons (Fsp3) is 0.357. The standard InChI is InChI=1S/C10H11NO2S.C4F6O2/c1-8(2)14(12,13)10-6-4-9(11-3)5-7-10;5-3(6,7)1(11)2(12)4(8,9)10/h4-8H,1-2H3;. The van der Waals surface area contributed by atoms with E-state index >= 15 is 0 Å². The summed E-state index contributed by atoms with van der Waals surface area (Å²) in [7, 11) is -3.20. The first-order valence-electron chi connectivity index (χ1n) is 6.49. The Morgan fingerprint density at radius 2 is 1.27 bits per heavy atom. The first-order valence-corrected chi connectivity index (χ1v) is 8.03. The van der Waals surface area contributed by atoms with E-state index in [4.69, 9.17) is 6.57 Å². The second-order valence-corrected chi connectivity index (χ2v) is 7.36. The lowest BCUT2D eigenvalue weighted by molar-refractivity contribution is -0.193. The lowest BCUT2D eigenvalue weighted by atomic mass is 10.2. The van der Waals surface area contributed by atoms with Crippen LogP contribution in [-0.2, 0) is 19.4 Å². The van der Waals surface area contributed by atoms with Crippen LogP contribution in [0.1, 0.15) is 13.8 Å². The van der Waals surface area contributed by atoms with Crippen molar-refractivity contribution >= 4 is 27.1 Å². The van der Waals surface area contributed by atoms with Gasteiger partial charge < -0.3 is 0 Å². The fourth-order valence-electron chi connectivity index (χ4n) is 1.24. The molecule has 1 rings (SSSR count). The maximum atomic E-state index is 11.7. The lowest BCUT2D eigenvalue weighted by Gasteiger charge is -2.06. The molecule has 0 radical (unpaired) electrons. The van der Waals surface area contributed by atoms with Crippen LogP contribution in [0.5, 0.6) is 0 Å². The number of ketones is 2. The van der Waals surface area contributed by atoms with Gasteiger partial charge in [0.1, 0.15) is 0 Å². The Balaban J connectivity index is 0.000000488. The van der Waals surface area contributed by atoms with Gasteiger partial charge in [-0.2, -0.15) is 26.3 Å². The molecular formula is C14H11F6NO4S. The van der Waals surface area contributed by atoms with Crippen LogP contribution in [0.3, 0.4) is 0 Å². The zero-order valence-electron chi connectivity index (χ0n) is 13.1. The van der Waals surface area contributed by atoms with Gasteiger partial charge in [-0.1, -0.05) is 24.3 Å². The van der Waals surface area contributed by atoms with E-state index in [1.165, 1.54) is 24.3 Å². The first-order chi connectivity index (χ1) is 11.5. The smallest absolute Gasteiger partial charge is 0.280 e. The van der Waals surface area contributed by atoms with Crippen LogP contribution >= 0.6 is 0 Å². The Morgan fingerprint density at radius 3 is 1.50 bits per heavy atom. The molecule has 1 aromatic rings. The Bertz CT molecular complexity index is 778. The fourth-order valence-corrected chi connectivity index (χ4v) is 2.30. The highest BCUT2D eigenvalue weighted by atomic mass is 32.2. The molecule has 26 heavy (non-hydrogen) atoms. The summed E-state index contributed by atoms with van der Waals surface area (Å²) < 4.78 is 90.3. The monoisotopic (exact) mass is 403 g/mol. The molecule has 0 N–H and O–H groups in total. The highest BCUT2D eigenvalue weighted by Gasteiger charge is 2.54. The lowest BCUT2D eigenvalue weighted by Crippen LogP contribution is -2.39. The van der Waals surface area contributed by atoms with Gasteiger partial charge in [-0.25, -0.2) is 13.3 Å². The molecule has 0 atom stereocenters. The minimum Gasteiger partial charge on any atom is -0.280 e. The molecule has 5 nitrogen and oxygen atoms in total. The van der Waals surface area contributed by atoms with Gasteiger partial charge in [0.25, 0.3) is 0 Å². The zero-order chi connectivity index (χ0) is 20.9. The largest absolute Gasteiger partial charge is 0.458 e. The van der Waals surface area contributed by atoms with Crippen molar-refractivity contribution < 1.29 is 44.3 Å². The SMILES string of the molecule is O=C(C(=O)C(F)(F)F)C(F)(F)F.[C-]#[N+]c1ccc(S(=O)(=O)C(C)C)cc1.